The largest absolute Gasteiger partial charge is 0.457 e. The van der Waals surface area contributed by atoms with Gasteiger partial charge in [-0.3, -0.25) is 0 Å². The van der Waals surface area contributed by atoms with Crippen molar-refractivity contribution in [2.45, 2.75) is 6.92 Å². The second-order valence-corrected chi connectivity index (χ2v) is 4.15. The number of allylic oxidation sites excluding steroid dienone is 1. The summed E-state index contributed by atoms with van der Waals surface area (Å²) in [5, 5.41) is 8.84. The van der Waals surface area contributed by atoms with Crippen molar-refractivity contribution >= 4 is 5.57 Å². The molecule has 2 rings (SSSR count). The van der Waals surface area contributed by atoms with Crippen LogP contribution in [0, 0.1) is 5.82 Å². The van der Waals surface area contributed by atoms with Crippen LogP contribution in [0.2, 0.25) is 0 Å². The van der Waals surface area contributed by atoms with Gasteiger partial charge in [0.1, 0.15) is 17.3 Å². The van der Waals surface area contributed by atoms with Crippen LogP contribution in [0.25, 0.3) is 5.57 Å². The quantitative estimate of drug-likeness (QED) is 0.897. The number of aliphatic hydroxyl groups excluding tert-OH is 1. The number of ether oxygens (including phenoxy) is 1. The number of benzene rings is 2. The summed E-state index contributed by atoms with van der Waals surface area (Å²) in [7, 11) is 0. The van der Waals surface area contributed by atoms with Gasteiger partial charge in [-0.15, -0.1) is 0 Å². The fourth-order valence-electron chi connectivity index (χ4n) is 1.68. The molecule has 0 atom stereocenters. The molecule has 0 spiro atoms. The number of hydrogen-bond acceptors (Lipinski definition) is 2. The maximum Gasteiger partial charge on any atom is 0.127 e. The van der Waals surface area contributed by atoms with Crippen molar-refractivity contribution < 1.29 is 14.2 Å². The van der Waals surface area contributed by atoms with Crippen LogP contribution in [0.3, 0.4) is 0 Å². The van der Waals surface area contributed by atoms with E-state index < -0.39 is 0 Å². The van der Waals surface area contributed by atoms with Gasteiger partial charge in [0.15, 0.2) is 0 Å². The molecule has 0 amide bonds. The molecule has 2 nitrogen and oxygen atoms in total. The zero-order chi connectivity index (χ0) is 13.7. The van der Waals surface area contributed by atoms with Crippen molar-refractivity contribution in [3.05, 3.63) is 66.0 Å². The number of halogens is 1. The molecule has 0 aliphatic carbocycles. The Balaban J connectivity index is 2.10. The Kier molecular flexibility index (Phi) is 4.31. The van der Waals surface area contributed by atoms with E-state index in [1.165, 1.54) is 12.1 Å². The summed E-state index contributed by atoms with van der Waals surface area (Å²) in [4.78, 5) is 0. The molecule has 0 fully saturated rings. The molecule has 98 valence electrons. The topological polar surface area (TPSA) is 29.5 Å². The minimum atomic E-state index is -0.285. The van der Waals surface area contributed by atoms with Crippen LogP contribution in [0.15, 0.2) is 54.6 Å². The molecule has 0 unspecified atom stereocenters. The Morgan fingerprint density at radius 1 is 1.05 bits per heavy atom. The van der Waals surface area contributed by atoms with Gasteiger partial charge >= 0.3 is 0 Å². The third-order valence-electron chi connectivity index (χ3n) is 2.76. The highest BCUT2D eigenvalue weighted by molar-refractivity contribution is 5.64. The van der Waals surface area contributed by atoms with Gasteiger partial charge in [-0.05, 0) is 54.5 Å². The Bertz CT molecular complexity index is 556. The lowest BCUT2D eigenvalue weighted by molar-refractivity contribution is 0.343. The predicted octanol–water partition coefficient (Wildman–Crippen LogP) is 4.01. The summed E-state index contributed by atoms with van der Waals surface area (Å²) in [6.45, 7) is 1.96. The lowest BCUT2D eigenvalue weighted by Crippen LogP contribution is -1.86. The monoisotopic (exact) mass is 258 g/mol. The van der Waals surface area contributed by atoms with Crippen molar-refractivity contribution in [3.8, 4) is 11.5 Å². The predicted molar refractivity (Wildman–Crippen MR) is 73.7 cm³/mol. The fraction of sp³-hybridized carbons (Fsp3) is 0.125. The fourth-order valence-corrected chi connectivity index (χ4v) is 1.68. The third-order valence-corrected chi connectivity index (χ3v) is 2.76. The van der Waals surface area contributed by atoms with Crippen LogP contribution in [-0.4, -0.2) is 11.7 Å². The summed E-state index contributed by atoms with van der Waals surface area (Å²) in [6.07, 6.45) is 1.75. The van der Waals surface area contributed by atoms with Gasteiger partial charge in [-0.25, -0.2) is 4.39 Å². The summed E-state index contributed by atoms with van der Waals surface area (Å²) in [5.41, 5.74) is 2.04. The minimum absolute atomic E-state index is 0.0274. The van der Waals surface area contributed by atoms with Crippen LogP contribution in [0.5, 0.6) is 11.5 Å². The third kappa shape index (κ3) is 3.66. The van der Waals surface area contributed by atoms with Gasteiger partial charge in [-0.2, -0.15) is 0 Å². The molecule has 0 aliphatic rings. The molecule has 0 radical (unpaired) electrons. The second kappa shape index (κ2) is 6.16. The maximum atomic E-state index is 12.8. The summed E-state index contributed by atoms with van der Waals surface area (Å²) < 4.78 is 18.4. The van der Waals surface area contributed by atoms with Crippen LogP contribution in [0.1, 0.15) is 12.5 Å². The van der Waals surface area contributed by atoms with E-state index in [1.54, 1.807) is 18.2 Å². The zero-order valence-corrected chi connectivity index (χ0v) is 10.6. The standard InChI is InChI=1S/C16H15FO2/c1-12(10-11-18)13-2-6-15(7-3-13)19-16-8-4-14(17)5-9-16/h2-10,18H,11H2,1H3. The molecule has 2 aromatic rings. The molecule has 0 bridgehead atoms. The maximum absolute atomic E-state index is 12.8. The summed E-state index contributed by atoms with van der Waals surface area (Å²) in [6, 6.07) is 13.4. The van der Waals surface area contributed by atoms with Gasteiger partial charge < -0.3 is 9.84 Å². The van der Waals surface area contributed by atoms with Crippen LogP contribution >= 0.6 is 0 Å². The Morgan fingerprint density at radius 2 is 1.58 bits per heavy atom. The zero-order valence-electron chi connectivity index (χ0n) is 10.6. The van der Waals surface area contributed by atoms with E-state index in [4.69, 9.17) is 9.84 Å². The van der Waals surface area contributed by atoms with Crippen LogP contribution in [-0.2, 0) is 0 Å². The molecule has 2 aromatic carbocycles. The van der Waals surface area contributed by atoms with Gasteiger partial charge in [0.25, 0.3) is 0 Å². The Hall–Kier alpha value is -2.13. The summed E-state index contributed by atoms with van der Waals surface area (Å²) >= 11 is 0. The van der Waals surface area contributed by atoms with Crippen molar-refractivity contribution in [1.82, 2.24) is 0 Å². The number of rotatable bonds is 4. The number of hydrogen-bond donors (Lipinski definition) is 1. The first kappa shape index (κ1) is 13.3. The van der Waals surface area contributed by atoms with E-state index in [0.29, 0.717) is 11.5 Å². The summed E-state index contributed by atoms with van der Waals surface area (Å²) in [5.74, 6) is 0.997. The highest BCUT2D eigenvalue weighted by atomic mass is 19.1. The van der Waals surface area contributed by atoms with Gasteiger partial charge in [-0.1, -0.05) is 18.2 Å². The highest BCUT2D eigenvalue weighted by Gasteiger charge is 1.99. The van der Waals surface area contributed by atoms with Crippen molar-refractivity contribution in [3.63, 3.8) is 0 Å². The molecule has 0 aromatic heterocycles. The average molecular weight is 258 g/mol. The second-order valence-electron chi connectivity index (χ2n) is 4.15. The SMILES string of the molecule is CC(=CCO)c1ccc(Oc2ccc(F)cc2)cc1. The molecular formula is C16H15FO2. The van der Waals surface area contributed by atoms with Crippen LogP contribution < -0.4 is 4.74 Å². The average Bonchev–Trinajstić information content (AvgIpc) is 2.42. The smallest absolute Gasteiger partial charge is 0.127 e. The van der Waals surface area contributed by atoms with E-state index in [-0.39, 0.29) is 12.4 Å². The molecule has 19 heavy (non-hydrogen) atoms. The Labute approximate surface area is 111 Å². The minimum Gasteiger partial charge on any atom is -0.457 e. The van der Waals surface area contributed by atoms with Crippen LogP contribution in [0.4, 0.5) is 4.39 Å². The van der Waals surface area contributed by atoms with E-state index >= 15 is 0 Å². The van der Waals surface area contributed by atoms with Crippen molar-refractivity contribution in [2.75, 3.05) is 6.61 Å². The molecule has 1 N–H and O–H groups in total. The Morgan fingerprint density at radius 3 is 2.11 bits per heavy atom. The van der Waals surface area contributed by atoms with E-state index in [2.05, 4.69) is 0 Å². The normalized spacial score (nSPS) is 11.4. The molecule has 3 heteroatoms. The van der Waals surface area contributed by atoms with Gasteiger partial charge in [0, 0.05) is 0 Å². The highest BCUT2D eigenvalue weighted by Crippen LogP contribution is 2.23. The van der Waals surface area contributed by atoms with E-state index in [1.807, 2.05) is 31.2 Å². The van der Waals surface area contributed by atoms with Gasteiger partial charge in [0.2, 0.25) is 0 Å². The molecule has 0 heterocycles. The number of aliphatic hydroxyl groups is 1. The molecule has 0 saturated heterocycles. The lowest BCUT2D eigenvalue weighted by Gasteiger charge is -2.07. The van der Waals surface area contributed by atoms with Crippen molar-refractivity contribution in [2.24, 2.45) is 0 Å². The van der Waals surface area contributed by atoms with Crippen molar-refractivity contribution in [1.29, 1.82) is 0 Å². The first-order valence-corrected chi connectivity index (χ1v) is 6.00. The van der Waals surface area contributed by atoms with E-state index in [0.717, 1.165) is 11.1 Å². The first-order chi connectivity index (χ1) is 9.19. The first-order valence-electron chi connectivity index (χ1n) is 6.00. The lowest BCUT2D eigenvalue weighted by atomic mass is 10.1. The molecule has 0 aliphatic heterocycles. The molecular weight excluding hydrogens is 243 g/mol. The van der Waals surface area contributed by atoms with Gasteiger partial charge in [0.05, 0.1) is 6.61 Å². The van der Waals surface area contributed by atoms with E-state index in [9.17, 15) is 4.39 Å². The molecule has 0 saturated carbocycles.